The number of pyridine rings is 1. The van der Waals surface area contributed by atoms with Gasteiger partial charge >= 0.3 is 0 Å². The average molecular weight is 249 g/mol. The Balaban J connectivity index is 1.96. The molecule has 4 nitrogen and oxygen atoms in total. The molecule has 0 amide bonds. The van der Waals surface area contributed by atoms with E-state index < -0.39 is 0 Å². The van der Waals surface area contributed by atoms with E-state index in [1.54, 1.807) is 24.6 Å². The molecule has 0 bridgehead atoms. The molecule has 90 valence electrons. The Kier molecular flexibility index (Phi) is 3.93. The first-order valence-electron chi connectivity index (χ1n) is 5.41. The highest BCUT2D eigenvalue weighted by Gasteiger charge is 2.03. The molecule has 0 radical (unpaired) electrons. The third kappa shape index (κ3) is 3.17. The quantitative estimate of drug-likeness (QED) is 0.884. The van der Waals surface area contributed by atoms with Gasteiger partial charge in [-0.3, -0.25) is 4.98 Å². The van der Waals surface area contributed by atoms with Crippen molar-refractivity contribution < 1.29 is 4.74 Å². The first-order valence-corrected chi connectivity index (χ1v) is 6.35. The summed E-state index contributed by atoms with van der Waals surface area (Å²) in [6.45, 7) is 2.80. The van der Waals surface area contributed by atoms with Gasteiger partial charge in [-0.15, -0.1) is 11.3 Å². The van der Waals surface area contributed by atoms with Gasteiger partial charge in [-0.1, -0.05) is 0 Å². The van der Waals surface area contributed by atoms with Crippen molar-refractivity contribution in [1.29, 1.82) is 0 Å². The minimum absolute atomic E-state index is 0.772. The number of aromatic nitrogens is 2. The van der Waals surface area contributed by atoms with Crippen LogP contribution in [0.5, 0.6) is 5.75 Å². The number of thiazole rings is 1. The van der Waals surface area contributed by atoms with Gasteiger partial charge in [0, 0.05) is 24.0 Å². The topological polar surface area (TPSA) is 47.0 Å². The van der Waals surface area contributed by atoms with Crippen LogP contribution in [0.1, 0.15) is 11.4 Å². The zero-order valence-electron chi connectivity index (χ0n) is 9.93. The lowest BCUT2D eigenvalue weighted by Crippen LogP contribution is -2.06. The van der Waals surface area contributed by atoms with Crippen LogP contribution in [0.2, 0.25) is 0 Å². The van der Waals surface area contributed by atoms with Gasteiger partial charge in [-0.2, -0.15) is 0 Å². The second-order valence-corrected chi connectivity index (χ2v) is 4.40. The Morgan fingerprint density at radius 2 is 2.29 bits per heavy atom. The number of nitrogens with zero attached hydrogens (tertiary/aromatic N) is 2. The van der Waals surface area contributed by atoms with Crippen LogP contribution in [0.15, 0.2) is 23.2 Å². The van der Waals surface area contributed by atoms with E-state index in [1.807, 2.05) is 18.5 Å². The number of aryl methyl sites for hydroxylation is 1. The van der Waals surface area contributed by atoms with Gasteiger partial charge in [0.2, 0.25) is 0 Å². The zero-order valence-corrected chi connectivity index (χ0v) is 10.8. The fourth-order valence-corrected chi connectivity index (χ4v) is 2.13. The molecule has 1 N–H and O–H groups in total. The monoisotopic (exact) mass is 249 g/mol. The predicted octanol–water partition coefficient (Wildman–Crippen LogP) is 2.51. The number of rotatable bonds is 5. The highest BCUT2D eigenvalue weighted by molar-refractivity contribution is 7.07. The Morgan fingerprint density at radius 3 is 3.00 bits per heavy atom. The first-order chi connectivity index (χ1) is 8.29. The Hall–Kier alpha value is -1.62. The van der Waals surface area contributed by atoms with Crippen LogP contribution in [0.4, 0.5) is 5.69 Å². The summed E-state index contributed by atoms with van der Waals surface area (Å²) in [6.07, 6.45) is 2.65. The standard InChI is InChI=1S/C12H15N3OS/c1-9-5-11(12(16-2)6-14-9)13-4-3-10-7-17-8-15-10/h5-8H,3-4H2,1-2H3,(H,13,14). The van der Waals surface area contributed by atoms with Crippen LogP contribution < -0.4 is 10.1 Å². The van der Waals surface area contributed by atoms with E-state index in [9.17, 15) is 0 Å². The van der Waals surface area contributed by atoms with E-state index >= 15 is 0 Å². The number of methoxy groups -OCH3 is 1. The lowest BCUT2D eigenvalue weighted by Gasteiger charge is -2.10. The number of anilines is 1. The van der Waals surface area contributed by atoms with Crippen molar-refractivity contribution in [2.24, 2.45) is 0 Å². The van der Waals surface area contributed by atoms with Crippen molar-refractivity contribution in [2.75, 3.05) is 19.0 Å². The van der Waals surface area contributed by atoms with Crippen LogP contribution in [-0.4, -0.2) is 23.6 Å². The maximum absolute atomic E-state index is 5.25. The van der Waals surface area contributed by atoms with E-state index in [1.165, 1.54) is 0 Å². The highest BCUT2D eigenvalue weighted by Crippen LogP contribution is 2.23. The average Bonchev–Trinajstić information content (AvgIpc) is 2.82. The minimum Gasteiger partial charge on any atom is -0.493 e. The molecule has 0 aliphatic carbocycles. The molecule has 17 heavy (non-hydrogen) atoms. The van der Waals surface area contributed by atoms with Gasteiger partial charge in [0.25, 0.3) is 0 Å². The molecule has 0 atom stereocenters. The van der Waals surface area contributed by atoms with Crippen molar-refractivity contribution in [3.8, 4) is 5.75 Å². The molecule has 0 spiro atoms. The molecule has 2 heterocycles. The Labute approximate surface area is 105 Å². The maximum Gasteiger partial charge on any atom is 0.160 e. The lowest BCUT2D eigenvalue weighted by molar-refractivity contribution is 0.414. The molecule has 5 heteroatoms. The first kappa shape index (κ1) is 11.9. The molecule has 0 fully saturated rings. The summed E-state index contributed by atoms with van der Waals surface area (Å²) in [6, 6.07) is 1.99. The Morgan fingerprint density at radius 1 is 1.41 bits per heavy atom. The summed E-state index contributed by atoms with van der Waals surface area (Å²) in [5.41, 5.74) is 4.93. The molecule has 2 rings (SSSR count). The van der Waals surface area contributed by atoms with Crippen LogP contribution in [0.25, 0.3) is 0 Å². The molecule has 0 aliphatic rings. The third-order valence-electron chi connectivity index (χ3n) is 2.40. The fraction of sp³-hybridized carbons (Fsp3) is 0.333. The fourth-order valence-electron chi connectivity index (χ4n) is 1.53. The van der Waals surface area contributed by atoms with Gasteiger partial charge in [0.1, 0.15) is 0 Å². The van der Waals surface area contributed by atoms with Crippen LogP contribution in [0, 0.1) is 6.92 Å². The smallest absolute Gasteiger partial charge is 0.160 e. The highest BCUT2D eigenvalue weighted by atomic mass is 32.1. The SMILES string of the molecule is COc1cnc(C)cc1NCCc1cscn1. The summed E-state index contributed by atoms with van der Waals surface area (Å²) >= 11 is 1.62. The molecule has 0 aliphatic heterocycles. The molecule has 0 aromatic carbocycles. The summed E-state index contributed by atoms with van der Waals surface area (Å²) in [4.78, 5) is 8.44. The number of ether oxygens (including phenoxy) is 1. The van der Waals surface area contributed by atoms with E-state index in [4.69, 9.17) is 4.74 Å². The molecule has 2 aromatic heterocycles. The van der Waals surface area contributed by atoms with Gasteiger partial charge in [0.15, 0.2) is 5.75 Å². The van der Waals surface area contributed by atoms with Gasteiger partial charge < -0.3 is 10.1 Å². The summed E-state index contributed by atoms with van der Waals surface area (Å²) in [7, 11) is 1.65. The number of hydrogen-bond donors (Lipinski definition) is 1. The van der Waals surface area contributed by atoms with E-state index in [0.29, 0.717) is 0 Å². The van der Waals surface area contributed by atoms with E-state index in [2.05, 4.69) is 20.7 Å². The second kappa shape index (κ2) is 5.63. The summed E-state index contributed by atoms with van der Waals surface area (Å²) in [5.74, 6) is 0.772. The van der Waals surface area contributed by atoms with E-state index in [-0.39, 0.29) is 0 Å². The van der Waals surface area contributed by atoms with Gasteiger partial charge in [-0.25, -0.2) is 4.98 Å². The van der Waals surface area contributed by atoms with Crippen molar-refractivity contribution >= 4 is 17.0 Å². The van der Waals surface area contributed by atoms with Crippen molar-refractivity contribution in [1.82, 2.24) is 9.97 Å². The van der Waals surface area contributed by atoms with Crippen LogP contribution in [0.3, 0.4) is 0 Å². The molecule has 0 saturated heterocycles. The second-order valence-electron chi connectivity index (χ2n) is 3.68. The van der Waals surface area contributed by atoms with Crippen molar-refractivity contribution in [3.63, 3.8) is 0 Å². The van der Waals surface area contributed by atoms with Crippen LogP contribution >= 0.6 is 11.3 Å². The van der Waals surface area contributed by atoms with Crippen molar-refractivity contribution in [2.45, 2.75) is 13.3 Å². The zero-order chi connectivity index (χ0) is 12.1. The number of nitrogens with one attached hydrogen (secondary N) is 1. The molecule has 2 aromatic rings. The van der Waals surface area contributed by atoms with Crippen molar-refractivity contribution in [3.05, 3.63) is 34.5 Å². The predicted molar refractivity (Wildman–Crippen MR) is 69.8 cm³/mol. The maximum atomic E-state index is 5.25. The van der Waals surface area contributed by atoms with Gasteiger partial charge in [0.05, 0.1) is 30.2 Å². The minimum atomic E-state index is 0.772. The lowest BCUT2D eigenvalue weighted by atomic mass is 10.3. The normalized spacial score (nSPS) is 10.2. The molecule has 0 unspecified atom stereocenters. The largest absolute Gasteiger partial charge is 0.493 e. The Bertz CT molecular complexity index is 471. The molecule has 0 saturated carbocycles. The molecular formula is C12H15N3OS. The summed E-state index contributed by atoms with van der Waals surface area (Å²) < 4.78 is 5.25. The summed E-state index contributed by atoms with van der Waals surface area (Å²) in [5, 5.41) is 5.41. The van der Waals surface area contributed by atoms with Crippen LogP contribution in [-0.2, 0) is 6.42 Å². The van der Waals surface area contributed by atoms with Gasteiger partial charge in [-0.05, 0) is 13.0 Å². The third-order valence-corrected chi connectivity index (χ3v) is 3.04. The molecular weight excluding hydrogens is 234 g/mol. The number of hydrogen-bond acceptors (Lipinski definition) is 5. The van der Waals surface area contributed by atoms with E-state index in [0.717, 1.165) is 35.8 Å².